The Hall–Kier alpha value is -3.04. The van der Waals surface area contributed by atoms with Gasteiger partial charge in [0.05, 0.1) is 12.0 Å². The average Bonchev–Trinajstić information content (AvgIpc) is 2.79. The standard InChI is InChI=1S/C23H27Cl2N3O6/c1-14(2)11-26-23(30)15(3)27(12-16-5-6-17(24)9-19(16)25)22(29)13-34-18-7-8-20(28(31)32)21(10-18)33-4/h5-10,14-15H,11-13H2,1-4H3,(H,26,30)/t15-/m0/s1. The molecule has 2 rings (SSSR count). The summed E-state index contributed by atoms with van der Waals surface area (Å²) in [5, 5.41) is 14.7. The lowest BCUT2D eigenvalue weighted by molar-refractivity contribution is -0.385. The van der Waals surface area contributed by atoms with Crippen molar-refractivity contribution in [1.29, 1.82) is 0 Å². The molecule has 0 aliphatic rings. The number of nitro groups is 1. The first-order chi connectivity index (χ1) is 16.0. The van der Waals surface area contributed by atoms with E-state index in [1.54, 1.807) is 25.1 Å². The third-order valence-corrected chi connectivity index (χ3v) is 5.50. The van der Waals surface area contributed by atoms with Crippen LogP contribution in [0.1, 0.15) is 26.3 Å². The van der Waals surface area contributed by atoms with Gasteiger partial charge >= 0.3 is 5.69 Å². The maximum Gasteiger partial charge on any atom is 0.311 e. The number of carbonyl (C=O) groups is 2. The molecule has 2 aromatic rings. The van der Waals surface area contributed by atoms with Crippen LogP contribution in [-0.4, -0.2) is 47.9 Å². The Labute approximate surface area is 208 Å². The van der Waals surface area contributed by atoms with Gasteiger partial charge in [0.15, 0.2) is 6.61 Å². The average molecular weight is 512 g/mol. The number of carbonyl (C=O) groups excluding carboxylic acids is 2. The van der Waals surface area contributed by atoms with Gasteiger partial charge in [-0.15, -0.1) is 0 Å². The second-order valence-electron chi connectivity index (χ2n) is 7.95. The van der Waals surface area contributed by atoms with E-state index in [0.717, 1.165) is 0 Å². The third kappa shape index (κ3) is 7.50. The van der Waals surface area contributed by atoms with E-state index in [2.05, 4.69) is 5.32 Å². The van der Waals surface area contributed by atoms with Crippen molar-refractivity contribution in [2.24, 2.45) is 5.92 Å². The predicted molar refractivity (Wildman–Crippen MR) is 129 cm³/mol. The summed E-state index contributed by atoms with van der Waals surface area (Å²) in [6.07, 6.45) is 0. The molecule has 11 heteroatoms. The van der Waals surface area contributed by atoms with E-state index in [1.807, 2.05) is 13.8 Å². The number of amides is 2. The Morgan fingerprint density at radius 2 is 1.85 bits per heavy atom. The fourth-order valence-corrected chi connectivity index (χ4v) is 3.46. The van der Waals surface area contributed by atoms with Gasteiger partial charge in [-0.3, -0.25) is 19.7 Å². The molecule has 0 fully saturated rings. The van der Waals surface area contributed by atoms with E-state index in [0.29, 0.717) is 22.2 Å². The van der Waals surface area contributed by atoms with E-state index in [1.165, 1.54) is 30.2 Å². The molecule has 0 radical (unpaired) electrons. The van der Waals surface area contributed by atoms with E-state index < -0.39 is 23.5 Å². The molecule has 0 bridgehead atoms. The molecule has 0 unspecified atom stereocenters. The molecule has 2 amide bonds. The smallest absolute Gasteiger partial charge is 0.311 e. The van der Waals surface area contributed by atoms with Crippen molar-refractivity contribution in [2.45, 2.75) is 33.4 Å². The molecule has 0 spiro atoms. The van der Waals surface area contributed by atoms with Gasteiger partial charge in [-0.25, -0.2) is 0 Å². The number of hydrogen-bond donors (Lipinski definition) is 1. The first-order valence-corrected chi connectivity index (χ1v) is 11.2. The number of hydrogen-bond acceptors (Lipinski definition) is 6. The highest BCUT2D eigenvalue weighted by Gasteiger charge is 2.27. The number of nitrogens with zero attached hydrogens (tertiary/aromatic N) is 2. The Kier molecular flexibility index (Phi) is 9.95. The van der Waals surface area contributed by atoms with Crippen LogP contribution < -0.4 is 14.8 Å². The van der Waals surface area contributed by atoms with Gasteiger partial charge in [-0.2, -0.15) is 0 Å². The number of rotatable bonds is 11. The number of methoxy groups -OCH3 is 1. The van der Waals surface area contributed by atoms with Crippen molar-refractivity contribution in [3.8, 4) is 11.5 Å². The number of ether oxygens (including phenoxy) is 2. The topological polar surface area (TPSA) is 111 Å². The van der Waals surface area contributed by atoms with Crippen molar-refractivity contribution in [1.82, 2.24) is 10.2 Å². The summed E-state index contributed by atoms with van der Waals surface area (Å²) in [4.78, 5) is 37.7. The fraction of sp³-hybridized carbons (Fsp3) is 0.391. The quantitative estimate of drug-likeness (QED) is 0.351. The fourth-order valence-electron chi connectivity index (χ4n) is 3.00. The van der Waals surface area contributed by atoms with Crippen LogP contribution in [0.25, 0.3) is 0 Å². The summed E-state index contributed by atoms with van der Waals surface area (Å²) >= 11 is 12.3. The van der Waals surface area contributed by atoms with Crippen molar-refractivity contribution in [3.05, 3.63) is 62.1 Å². The van der Waals surface area contributed by atoms with Crippen LogP contribution in [0.4, 0.5) is 5.69 Å². The minimum Gasteiger partial charge on any atom is -0.490 e. The van der Waals surface area contributed by atoms with Crippen LogP contribution in [0.15, 0.2) is 36.4 Å². The highest BCUT2D eigenvalue weighted by Crippen LogP contribution is 2.31. The van der Waals surface area contributed by atoms with Crippen molar-refractivity contribution >= 4 is 40.7 Å². The van der Waals surface area contributed by atoms with Crippen molar-refractivity contribution < 1.29 is 24.0 Å². The molecule has 0 saturated heterocycles. The maximum atomic E-state index is 13.1. The van der Waals surface area contributed by atoms with Gasteiger partial charge in [0.2, 0.25) is 11.7 Å². The molecule has 0 aliphatic heterocycles. The first-order valence-electron chi connectivity index (χ1n) is 10.5. The zero-order valence-corrected chi connectivity index (χ0v) is 20.9. The molecule has 1 N–H and O–H groups in total. The van der Waals surface area contributed by atoms with Gasteiger partial charge < -0.3 is 19.7 Å². The van der Waals surface area contributed by atoms with Gasteiger partial charge in [0.1, 0.15) is 11.8 Å². The molecule has 34 heavy (non-hydrogen) atoms. The molecule has 184 valence electrons. The number of nitrogens with one attached hydrogen (secondary N) is 1. The van der Waals surface area contributed by atoms with Crippen LogP contribution in [-0.2, 0) is 16.1 Å². The number of nitro benzene ring substituents is 1. The highest BCUT2D eigenvalue weighted by molar-refractivity contribution is 6.35. The Morgan fingerprint density at radius 1 is 1.15 bits per heavy atom. The molecule has 0 heterocycles. The van der Waals surface area contributed by atoms with Gasteiger partial charge in [-0.1, -0.05) is 43.1 Å². The van der Waals surface area contributed by atoms with Crippen LogP contribution in [0.3, 0.4) is 0 Å². The zero-order chi connectivity index (χ0) is 25.4. The number of benzene rings is 2. The van der Waals surface area contributed by atoms with E-state index >= 15 is 0 Å². The first kappa shape index (κ1) is 27.2. The second kappa shape index (κ2) is 12.4. The number of halogens is 2. The molecule has 1 atom stereocenters. The van der Waals surface area contributed by atoms with Crippen molar-refractivity contribution in [3.63, 3.8) is 0 Å². The Morgan fingerprint density at radius 3 is 2.44 bits per heavy atom. The van der Waals surface area contributed by atoms with Crippen LogP contribution in [0.5, 0.6) is 11.5 Å². The van der Waals surface area contributed by atoms with E-state index in [-0.39, 0.29) is 35.6 Å². The van der Waals surface area contributed by atoms with Crippen LogP contribution in [0.2, 0.25) is 10.0 Å². The SMILES string of the molecule is COc1cc(OCC(=O)N(Cc2ccc(Cl)cc2Cl)[C@@H](C)C(=O)NCC(C)C)ccc1[N+](=O)[O-]. The lowest BCUT2D eigenvalue weighted by Gasteiger charge is -2.29. The minimum atomic E-state index is -0.812. The lowest BCUT2D eigenvalue weighted by Crippen LogP contribution is -2.49. The van der Waals surface area contributed by atoms with Crippen molar-refractivity contribution in [2.75, 3.05) is 20.3 Å². The Balaban J connectivity index is 2.22. The summed E-state index contributed by atoms with van der Waals surface area (Å²) in [7, 11) is 1.30. The monoisotopic (exact) mass is 511 g/mol. The second-order valence-corrected chi connectivity index (χ2v) is 8.80. The largest absolute Gasteiger partial charge is 0.490 e. The Bertz CT molecular complexity index is 1050. The summed E-state index contributed by atoms with van der Waals surface area (Å²) < 4.78 is 10.6. The van der Waals surface area contributed by atoms with Gasteiger partial charge in [-0.05, 0) is 36.6 Å². The maximum absolute atomic E-state index is 13.1. The van der Waals surface area contributed by atoms with E-state index in [9.17, 15) is 19.7 Å². The lowest BCUT2D eigenvalue weighted by atomic mass is 10.1. The van der Waals surface area contributed by atoms with Gasteiger partial charge in [0.25, 0.3) is 5.91 Å². The summed E-state index contributed by atoms with van der Waals surface area (Å²) in [6, 6.07) is 8.00. The van der Waals surface area contributed by atoms with Crippen LogP contribution >= 0.6 is 23.2 Å². The molecule has 0 aromatic heterocycles. The molecule has 2 aromatic carbocycles. The molecular formula is C23H27Cl2N3O6. The summed E-state index contributed by atoms with van der Waals surface area (Å²) in [5.41, 5.74) is 0.385. The predicted octanol–water partition coefficient (Wildman–Crippen LogP) is 4.48. The zero-order valence-electron chi connectivity index (χ0n) is 19.3. The highest BCUT2D eigenvalue weighted by atomic mass is 35.5. The molecular weight excluding hydrogens is 485 g/mol. The normalized spacial score (nSPS) is 11.6. The van der Waals surface area contributed by atoms with Crippen LogP contribution in [0, 0.1) is 16.0 Å². The third-order valence-electron chi connectivity index (χ3n) is 4.92. The molecule has 0 aliphatic carbocycles. The summed E-state index contributed by atoms with van der Waals surface area (Å²) in [5.74, 6) is -0.343. The molecule has 0 saturated carbocycles. The van der Waals surface area contributed by atoms with E-state index in [4.69, 9.17) is 32.7 Å². The molecule has 9 nitrogen and oxygen atoms in total. The van der Waals surface area contributed by atoms with Gasteiger partial charge in [0, 0.05) is 35.3 Å². The summed E-state index contributed by atoms with van der Waals surface area (Å²) in [6.45, 7) is 5.66. The minimum absolute atomic E-state index is 0.00109.